The van der Waals surface area contributed by atoms with Crippen molar-refractivity contribution in [3.63, 3.8) is 0 Å². The topological polar surface area (TPSA) is 74.6 Å². The first-order valence-corrected chi connectivity index (χ1v) is 4.23. The molecule has 0 aromatic carbocycles. The molecule has 2 unspecified atom stereocenters. The van der Waals surface area contributed by atoms with Crippen molar-refractivity contribution in [3.8, 4) is 0 Å². The third-order valence-electron chi connectivity index (χ3n) is 2.26. The Morgan fingerprint density at radius 1 is 1.23 bits per heavy atom. The Bertz CT molecular complexity index is 244. The van der Waals surface area contributed by atoms with Gasteiger partial charge in [-0.25, -0.2) is 0 Å². The Hall–Kier alpha value is -1.32. The number of carboxylic acids is 2. The van der Waals surface area contributed by atoms with Crippen LogP contribution in [0, 0.1) is 11.8 Å². The van der Waals surface area contributed by atoms with Gasteiger partial charge in [0.15, 0.2) is 0 Å². The van der Waals surface area contributed by atoms with Crippen molar-refractivity contribution in [3.05, 3.63) is 12.2 Å². The minimum absolute atomic E-state index is 0.209. The number of aliphatic carboxylic acids is 2. The summed E-state index contributed by atoms with van der Waals surface area (Å²) in [5.41, 5.74) is 0. The summed E-state index contributed by atoms with van der Waals surface area (Å²) in [6.07, 6.45) is 4.74. The monoisotopic (exact) mass is 184 g/mol. The lowest BCUT2D eigenvalue weighted by Crippen LogP contribution is -2.20. The smallest absolute Gasteiger partial charge is 0.310 e. The van der Waals surface area contributed by atoms with Crippen molar-refractivity contribution >= 4 is 11.9 Å². The van der Waals surface area contributed by atoms with E-state index in [-0.39, 0.29) is 6.42 Å². The van der Waals surface area contributed by atoms with E-state index in [9.17, 15) is 9.59 Å². The second kappa shape index (κ2) is 4.07. The van der Waals surface area contributed by atoms with Crippen LogP contribution in [0.1, 0.15) is 19.3 Å². The summed E-state index contributed by atoms with van der Waals surface area (Å²) in [6, 6.07) is 0. The van der Waals surface area contributed by atoms with Crippen LogP contribution in [0.2, 0.25) is 0 Å². The van der Waals surface area contributed by atoms with Gasteiger partial charge in [0.1, 0.15) is 0 Å². The quantitative estimate of drug-likeness (QED) is 0.631. The van der Waals surface area contributed by atoms with Crippen LogP contribution < -0.4 is 0 Å². The Kier molecular flexibility index (Phi) is 3.06. The molecule has 0 aromatic heterocycles. The number of rotatable bonds is 2. The van der Waals surface area contributed by atoms with Gasteiger partial charge in [0.05, 0.1) is 11.8 Å². The van der Waals surface area contributed by atoms with Crippen LogP contribution in [0.4, 0.5) is 0 Å². The van der Waals surface area contributed by atoms with Gasteiger partial charge in [0.25, 0.3) is 0 Å². The fourth-order valence-corrected chi connectivity index (χ4v) is 1.47. The van der Waals surface area contributed by atoms with Gasteiger partial charge >= 0.3 is 11.9 Å². The van der Waals surface area contributed by atoms with E-state index in [1.54, 1.807) is 12.2 Å². The van der Waals surface area contributed by atoms with Crippen LogP contribution in [0.5, 0.6) is 0 Å². The molecule has 0 amide bonds. The van der Waals surface area contributed by atoms with Crippen LogP contribution in [-0.2, 0) is 9.59 Å². The highest BCUT2D eigenvalue weighted by Gasteiger charge is 2.26. The van der Waals surface area contributed by atoms with Crippen molar-refractivity contribution in [1.29, 1.82) is 0 Å². The molecular formula is C9H12O4. The lowest BCUT2D eigenvalue weighted by atomic mass is 9.94. The summed E-state index contributed by atoms with van der Waals surface area (Å²) in [7, 11) is 0. The summed E-state index contributed by atoms with van der Waals surface area (Å²) in [5.74, 6) is -2.99. The SMILES string of the molecule is O=C(O)C1C=CCCC(C(=O)O)C1. The van der Waals surface area contributed by atoms with Gasteiger partial charge in [0.2, 0.25) is 0 Å². The summed E-state index contributed by atoms with van der Waals surface area (Å²) in [6.45, 7) is 0. The summed E-state index contributed by atoms with van der Waals surface area (Å²) >= 11 is 0. The molecule has 1 rings (SSSR count). The zero-order valence-electron chi connectivity index (χ0n) is 7.14. The summed E-state index contributed by atoms with van der Waals surface area (Å²) < 4.78 is 0. The first-order valence-electron chi connectivity index (χ1n) is 4.23. The van der Waals surface area contributed by atoms with Gasteiger partial charge in [-0.15, -0.1) is 0 Å². The summed E-state index contributed by atoms with van der Waals surface area (Å²) in [4.78, 5) is 21.3. The molecule has 2 N–H and O–H groups in total. The van der Waals surface area contributed by atoms with Crippen LogP contribution >= 0.6 is 0 Å². The maximum atomic E-state index is 10.7. The van der Waals surface area contributed by atoms with E-state index in [2.05, 4.69) is 0 Å². The molecule has 0 saturated heterocycles. The normalized spacial score (nSPS) is 28.0. The molecular weight excluding hydrogens is 172 g/mol. The standard InChI is InChI=1S/C9H12O4/c10-8(11)6-3-1-2-4-7(5-6)9(12)13/h1,3,6-7H,2,4-5H2,(H,10,11)(H,12,13). The average Bonchev–Trinajstić information content (AvgIpc) is 2.28. The van der Waals surface area contributed by atoms with E-state index < -0.39 is 23.8 Å². The number of allylic oxidation sites excluding steroid dienone is 1. The van der Waals surface area contributed by atoms with Gasteiger partial charge in [-0.3, -0.25) is 9.59 Å². The van der Waals surface area contributed by atoms with E-state index in [0.29, 0.717) is 12.8 Å². The fraction of sp³-hybridized carbons (Fsp3) is 0.556. The molecule has 1 aliphatic rings. The first kappa shape index (κ1) is 9.77. The van der Waals surface area contributed by atoms with Gasteiger partial charge in [0, 0.05) is 0 Å². The van der Waals surface area contributed by atoms with Crippen molar-refractivity contribution < 1.29 is 19.8 Å². The molecule has 72 valence electrons. The van der Waals surface area contributed by atoms with Gasteiger partial charge in [-0.1, -0.05) is 12.2 Å². The minimum atomic E-state index is -0.940. The molecule has 13 heavy (non-hydrogen) atoms. The predicted molar refractivity (Wildman–Crippen MR) is 45.2 cm³/mol. The highest BCUT2D eigenvalue weighted by atomic mass is 16.4. The molecule has 4 heteroatoms. The van der Waals surface area contributed by atoms with E-state index in [1.807, 2.05) is 0 Å². The maximum absolute atomic E-state index is 10.7. The zero-order chi connectivity index (χ0) is 9.84. The molecule has 0 radical (unpaired) electrons. The van der Waals surface area contributed by atoms with Gasteiger partial charge in [-0.05, 0) is 19.3 Å². The summed E-state index contributed by atoms with van der Waals surface area (Å²) in [5, 5.41) is 17.5. The van der Waals surface area contributed by atoms with Crippen LogP contribution in [-0.4, -0.2) is 22.2 Å². The van der Waals surface area contributed by atoms with E-state index in [4.69, 9.17) is 10.2 Å². The number of hydrogen-bond donors (Lipinski definition) is 2. The Morgan fingerprint density at radius 2 is 1.92 bits per heavy atom. The minimum Gasteiger partial charge on any atom is -0.481 e. The maximum Gasteiger partial charge on any atom is 0.310 e. The second-order valence-corrected chi connectivity index (χ2v) is 3.22. The van der Waals surface area contributed by atoms with Crippen LogP contribution in [0.15, 0.2) is 12.2 Å². The molecule has 4 nitrogen and oxygen atoms in total. The highest BCUT2D eigenvalue weighted by molar-refractivity contribution is 5.75. The lowest BCUT2D eigenvalue weighted by Gasteiger charge is -2.11. The van der Waals surface area contributed by atoms with E-state index in [0.717, 1.165) is 0 Å². The number of carbonyl (C=O) groups is 2. The molecule has 0 bridgehead atoms. The van der Waals surface area contributed by atoms with Crippen molar-refractivity contribution in [1.82, 2.24) is 0 Å². The van der Waals surface area contributed by atoms with Gasteiger partial charge in [-0.2, -0.15) is 0 Å². The van der Waals surface area contributed by atoms with Crippen molar-refractivity contribution in [2.75, 3.05) is 0 Å². The zero-order valence-corrected chi connectivity index (χ0v) is 7.14. The molecule has 0 saturated carbocycles. The molecule has 2 atom stereocenters. The Morgan fingerprint density at radius 3 is 2.46 bits per heavy atom. The molecule has 0 spiro atoms. The Balaban J connectivity index is 2.66. The number of hydrogen-bond acceptors (Lipinski definition) is 2. The van der Waals surface area contributed by atoms with Crippen LogP contribution in [0.3, 0.4) is 0 Å². The van der Waals surface area contributed by atoms with Crippen molar-refractivity contribution in [2.24, 2.45) is 11.8 Å². The average molecular weight is 184 g/mol. The van der Waals surface area contributed by atoms with Gasteiger partial charge < -0.3 is 10.2 Å². The number of carboxylic acid groups (broad SMARTS) is 2. The third kappa shape index (κ3) is 2.57. The molecule has 0 aliphatic heterocycles. The van der Waals surface area contributed by atoms with E-state index >= 15 is 0 Å². The third-order valence-corrected chi connectivity index (χ3v) is 2.26. The molecule has 0 aromatic rings. The fourth-order valence-electron chi connectivity index (χ4n) is 1.47. The first-order chi connectivity index (χ1) is 6.11. The van der Waals surface area contributed by atoms with Crippen molar-refractivity contribution in [2.45, 2.75) is 19.3 Å². The largest absolute Gasteiger partial charge is 0.481 e. The lowest BCUT2D eigenvalue weighted by molar-refractivity contribution is -0.144. The highest BCUT2D eigenvalue weighted by Crippen LogP contribution is 2.23. The van der Waals surface area contributed by atoms with Crippen LogP contribution in [0.25, 0.3) is 0 Å². The Labute approximate surface area is 75.9 Å². The second-order valence-electron chi connectivity index (χ2n) is 3.22. The predicted octanol–water partition coefficient (Wildman–Crippen LogP) is 1.13. The molecule has 0 heterocycles. The molecule has 1 aliphatic carbocycles. The van der Waals surface area contributed by atoms with E-state index in [1.165, 1.54) is 0 Å². The molecule has 0 fully saturated rings.